The fraction of sp³-hybridized carbons (Fsp3) is 0.533. The second-order valence-electron chi connectivity index (χ2n) is 11.7. The molecule has 7 rings (SSSR count). The summed E-state index contributed by atoms with van der Waals surface area (Å²) in [6.45, 7) is 4.46. The molecular formula is C30H34F4N10O5. The van der Waals surface area contributed by atoms with E-state index in [2.05, 4.69) is 26.2 Å². The molecular weight excluding hydrogens is 656 g/mol. The predicted molar refractivity (Wildman–Crippen MR) is 161 cm³/mol. The molecule has 0 radical (unpaired) electrons. The van der Waals surface area contributed by atoms with E-state index < -0.39 is 66.0 Å². The van der Waals surface area contributed by atoms with Crippen LogP contribution in [0.5, 0.6) is 0 Å². The number of aromatic nitrogens is 6. The summed E-state index contributed by atoms with van der Waals surface area (Å²) in [5.41, 5.74) is 7.75. The number of aliphatic hydroxyl groups excluding tert-OH is 2. The number of nitrogens with two attached hydrogens (primary N) is 2. The van der Waals surface area contributed by atoms with Crippen LogP contribution in [0.25, 0.3) is 11.0 Å². The molecule has 15 nitrogen and oxygen atoms in total. The van der Waals surface area contributed by atoms with Crippen LogP contribution in [0.4, 0.5) is 29.2 Å². The fourth-order valence-electron chi connectivity index (χ4n) is 6.03. The normalized spacial score (nSPS) is 30.7. The number of hydrogen-bond acceptors (Lipinski definition) is 13. The van der Waals surface area contributed by atoms with E-state index in [0.29, 0.717) is 6.42 Å². The lowest BCUT2D eigenvalue weighted by atomic mass is 9.86. The Labute approximate surface area is 276 Å². The maximum atomic E-state index is 14.7. The molecule has 3 aliphatic rings. The van der Waals surface area contributed by atoms with Crippen LogP contribution in [0.2, 0.25) is 0 Å². The van der Waals surface area contributed by atoms with Crippen molar-refractivity contribution in [1.82, 2.24) is 29.2 Å². The smallest absolute Gasteiger partial charge is 0.206 e. The molecule has 0 aliphatic carbocycles. The molecule has 0 unspecified atom stereocenters. The van der Waals surface area contributed by atoms with E-state index in [9.17, 15) is 33.0 Å². The van der Waals surface area contributed by atoms with Gasteiger partial charge in [0.2, 0.25) is 5.60 Å². The lowest BCUT2D eigenvalue weighted by molar-refractivity contribution is -0.0746. The summed E-state index contributed by atoms with van der Waals surface area (Å²) in [6, 6.07) is 5.67. The van der Waals surface area contributed by atoms with Crippen molar-refractivity contribution >= 4 is 22.7 Å². The minimum Gasteiger partial charge on any atom is -0.392 e. The van der Waals surface area contributed by atoms with Gasteiger partial charge in [0.1, 0.15) is 54.2 Å². The molecule has 262 valence electrons. The highest BCUT2D eigenvalue weighted by Crippen LogP contribution is 2.47. The molecule has 19 heteroatoms. The Morgan fingerprint density at radius 1 is 0.898 bits per heavy atom. The Morgan fingerprint density at radius 3 is 1.73 bits per heavy atom. The molecule has 0 amide bonds. The average molecular weight is 691 g/mol. The maximum absolute atomic E-state index is 14.7. The lowest BCUT2D eigenvalue weighted by Crippen LogP contribution is -2.44. The summed E-state index contributed by atoms with van der Waals surface area (Å²) in [7, 11) is 0. The van der Waals surface area contributed by atoms with Gasteiger partial charge in [0.15, 0.2) is 35.0 Å². The first-order valence-corrected chi connectivity index (χ1v) is 15.3. The van der Waals surface area contributed by atoms with Crippen molar-refractivity contribution < 1.29 is 42.0 Å². The van der Waals surface area contributed by atoms with Crippen LogP contribution < -0.4 is 11.5 Å². The van der Waals surface area contributed by atoms with E-state index in [1.54, 1.807) is 19.9 Å². The van der Waals surface area contributed by atoms with E-state index in [1.807, 2.05) is 0 Å². The van der Waals surface area contributed by atoms with Crippen molar-refractivity contribution in [3.8, 4) is 12.1 Å². The number of alkyl halides is 2. The first-order chi connectivity index (χ1) is 23.4. The van der Waals surface area contributed by atoms with Gasteiger partial charge in [-0.25, -0.2) is 36.6 Å². The zero-order valence-electron chi connectivity index (χ0n) is 26.4. The van der Waals surface area contributed by atoms with Gasteiger partial charge in [0, 0.05) is 31.3 Å². The van der Waals surface area contributed by atoms with Crippen molar-refractivity contribution in [2.75, 3.05) is 31.3 Å². The van der Waals surface area contributed by atoms with E-state index in [-0.39, 0.29) is 34.1 Å². The number of nitriles is 2. The highest BCUT2D eigenvalue weighted by Gasteiger charge is 2.57. The SMILES string of the molecule is C1CCOC1.CC[C@@]1(C#N)O[C@@H](c2cc(F)c3c(N)ncnn23)[C@H](F)[C@@H]1C.N#C[C@]1(CO)O[C@@H](c2cc(F)c3c(N)ncnn23)[C@H](F)[C@@H]1O. The average Bonchev–Trinajstić information content (AvgIpc) is 3.93. The molecule has 7 heterocycles. The van der Waals surface area contributed by atoms with Crippen molar-refractivity contribution in [1.29, 1.82) is 10.5 Å². The number of anilines is 2. The van der Waals surface area contributed by atoms with Crippen LogP contribution in [0.3, 0.4) is 0 Å². The van der Waals surface area contributed by atoms with Gasteiger partial charge in [-0.15, -0.1) is 0 Å². The van der Waals surface area contributed by atoms with Crippen LogP contribution in [-0.2, 0) is 14.2 Å². The molecule has 3 aliphatic heterocycles. The minimum absolute atomic E-state index is 0.0214. The molecule has 0 saturated carbocycles. The topological polar surface area (TPSA) is 228 Å². The van der Waals surface area contributed by atoms with Crippen LogP contribution in [0.15, 0.2) is 24.8 Å². The quantitative estimate of drug-likeness (QED) is 0.226. The summed E-state index contributed by atoms with van der Waals surface area (Å²) >= 11 is 0. The number of aliphatic hydroxyl groups is 2. The third kappa shape index (κ3) is 6.08. The summed E-state index contributed by atoms with van der Waals surface area (Å²) in [4.78, 5) is 7.35. The second kappa shape index (κ2) is 14.1. The zero-order valence-corrected chi connectivity index (χ0v) is 26.4. The van der Waals surface area contributed by atoms with E-state index in [0.717, 1.165) is 42.5 Å². The number of rotatable bonds is 4. The van der Waals surface area contributed by atoms with Gasteiger partial charge in [0.05, 0.1) is 24.1 Å². The monoisotopic (exact) mass is 690 g/mol. The Hall–Kier alpha value is -4.66. The summed E-state index contributed by atoms with van der Waals surface area (Å²) in [6.07, 6.45) is -2.87. The van der Waals surface area contributed by atoms with Crippen LogP contribution >= 0.6 is 0 Å². The molecule has 49 heavy (non-hydrogen) atoms. The summed E-state index contributed by atoms with van der Waals surface area (Å²) in [5, 5.41) is 45.2. The summed E-state index contributed by atoms with van der Waals surface area (Å²) < 4.78 is 75.1. The van der Waals surface area contributed by atoms with E-state index in [1.165, 1.54) is 17.4 Å². The van der Waals surface area contributed by atoms with E-state index in [4.69, 9.17) is 30.9 Å². The maximum Gasteiger partial charge on any atom is 0.206 e. The highest BCUT2D eigenvalue weighted by molar-refractivity contribution is 5.67. The van der Waals surface area contributed by atoms with Crippen molar-refractivity contribution in [2.24, 2.45) is 5.92 Å². The zero-order chi connectivity index (χ0) is 35.7. The first kappa shape index (κ1) is 35.6. The number of ether oxygens (including phenoxy) is 3. The third-order valence-corrected chi connectivity index (χ3v) is 8.92. The van der Waals surface area contributed by atoms with Crippen LogP contribution in [0.1, 0.15) is 56.7 Å². The molecule has 6 N–H and O–H groups in total. The van der Waals surface area contributed by atoms with Crippen LogP contribution in [-0.4, -0.2) is 88.9 Å². The molecule has 8 atom stereocenters. The molecule has 3 saturated heterocycles. The van der Waals surface area contributed by atoms with Gasteiger partial charge in [-0.05, 0) is 19.3 Å². The number of fused-ring (bicyclic) bond motifs is 2. The molecule has 4 aromatic rings. The second-order valence-corrected chi connectivity index (χ2v) is 11.7. The van der Waals surface area contributed by atoms with Gasteiger partial charge in [-0.1, -0.05) is 13.8 Å². The number of nitrogens with zero attached hydrogens (tertiary/aromatic N) is 8. The van der Waals surface area contributed by atoms with Gasteiger partial charge in [0.25, 0.3) is 0 Å². The molecule has 0 bridgehead atoms. The Bertz CT molecular complexity index is 1760. The first-order valence-electron chi connectivity index (χ1n) is 15.3. The molecule has 0 spiro atoms. The number of hydrogen-bond donors (Lipinski definition) is 4. The van der Waals surface area contributed by atoms with E-state index >= 15 is 0 Å². The van der Waals surface area contributed by atoms with Gasteiger partial charge in [-0.2, -0.15) is 20.7 Å². The highest BCUT2D eigenvalue weighted by atomic mass is 19.1. The lowest BCUT2D eigenvalue weighted by Gasteiger charge is -2.23. The van der Waals surface area contributed by atoms with Crippen molar-refractivity contribution in [3.05, 3.63) is 47.8 Å². The molecule has 0 aromatic carbocycles. The molecule has 4 aromatic heterocycles. The van der Waals surface area contributed by atoms with Gasteiger partial charge >= 0.3 is 0 Å². The Morgan fingerprint density at radius 2 is 1.37 bits per heavy atom. The standard InChI is InChI=1S/C14H15F2N5O.C12H11F2N5O3.C4H8O/c1-3-14(5-17)7(2)10(16)12(22-14)9-4-8(15)11-13(18)19-6-20-21(9)11;13-5-1-6(19-8(5)11(16)17-4-18-19)9-7(14)10(21)12(2-15,3-20)22-9;1-2-4-5-3-1/h4,6-7,10,12H,3H2,1-2H3,(H2,18,19,20);1,4,7,9-10,20-21H,3H2,(H2,16,17,18);1-4H2/t7-,10+,12-,14-;7-,9-,10-,12+;/m00./s1. The van der Waals surface area contributed by atoms with Crippen molar-refractivity contribution in [2.45, 2.75) is 75.0 Å². The Balaban J connectivity index is 0.000000167. The van der Waals surface area contributed by atoms with Gasteiger partial charge < -0.3 is 35.9 Å². The summed E-state index contributed by atoms with van der Waals surface area (Å²) in [5.74, 6) is -2.27. The number of halogens is 4. The van der Waals surface area contributed by atoms with Crippen LogP contribution in [0, 0.1) is 40.2 Å². The predicted octanol–water partition coefficient (Wildman–Crippen LogP) is 2.44. The Kier molecular flexibility index (Phi) is 10.2. The van der Waals surface area contributed by atoms with Gasteiger partial charge in [-0.3, -0.25) is 0 Å². The number of nitrogen functional groups attached to an aromatic ring is 2. The fourth-order valence-corrected chi connectivity index (χ4v) is 6.03. The van der Waals surface area contributed by atoms with Crippen molar-refractivity contribution in [3.63, 3.8) is 0 Å². The third-order valence-electron chi connectivity index (χ3n) is 8.92. The largest absolute Gasteiger partial charge is 0.392 e. The molecule has 3 fully saturated rings. The minimum atomic E-state index is -2.12.